The van der Waals surface area contributed by atoms with Crippen molar-refractivity contribution in [2.75, 3.05) is 18.4 Å². The van der Waals surface area contributed by atoms with Crippen LogP contribution in [0.4, 0.5) is 5.69 Å². The van der Waals surface area contributed by atoms with Gasteiger partial charge in [0.2, 0.25) is 5.91 Å². The first kappa shape index (κ1) is 20.1. The number of carbonyl (C=O) groups excluding carboxylic acids is 2. The van der Waals surface area contributed by atoms with Gasteiger partial charge in [0, 0.05) is 42.3 Å². The number of carbonyl (C=O) groups is 2. The summed E-state index contributed by atoms with van der Waals surface area (Å²) in [5.74, 6) is 0.624. The number of fused-ring (bicyclic) bond motifs is 1. The highest BCUT2D eigenvalue weighted by Crippen LogP contribution is 2.24. The van der Waals surface area contributed by atoms with Gasteiger partial charge in [0.05, 0.1) is 5.52 Å². The summed E-state index contributed by atoms with van der Waals surface area (Å²) in [6, 6.07) is 17.4. The van der Waals surface area contributed by atoms with Crippen LogP contribution in [0.1, 0.15) is 41.6 Å². The third-order valence-corrected chi connectivity index (χ3v) is 5.83. The molecule has 1 fully saturated rings. The maximum atomic E-state index is 12.9. The second-order valence-corrected chi connectivity index (χ2v) is 8.10. The molecule has 1 aliphatic rings. The van der Waals surface area contributed by atoms with E-state index in [1.165, 1.54) is 0 Å². The zero-order valence-electron chi connectivity index (χ0n) is 17.3. The number of likely N-dealkylation sites (tertiary alicyclic amines) is 1. The molecule has 0 saturated carbocycles. The Balaban J connectivity index is 1.26. The van der Waals surface area contributed by atoms with E-state index in [4.69, 9.17) is 0 Å². The van der Waals surface area contributed by atoms with Crippen molar-refractivity contribution in [1.29, 1.82) is 0 Å². The van der Waals surface area contributed by atoms with Gasteiger partial charge in [-0.05, 0) is 74.1 Å². The Hall–Kier alpha value is -3.21. The zero-order valence-corrected chi connectivity index (χ0v) is 17.3. The highest BCUT2D eigenvalue weighted by Gasteiger charge is 2.24. The second-order valence-electron chi connectivity index (χ2n) is 8.10. The number of nitrogens with zero attached hydrogens (tertiary/aromatic N) is 2. The van der Waals surface area contributed by atoms with Gasteiger partial charge in [0.25, 0.3) is 5.91 Å². The minimum Gasteiger partial charge on any atom is -0.339 e. The van der Waals surface area contributed by atoms with Crippen LogP contribution in [0.2, 0.25) is 0 Å². The number of rotatable bonds is 5. The lowest BCUT2D eigenvalue weighted by atomic mass is 9.91. The molecule has 3 aromatic rings. The van der Waals surface area contributed by atoms with Crippen molar-refractivity contribution in [3.63, 3.8) is 0 Å². The van der Waals surface area contributed by atoms with E-state index in [1.807, 2.05) is 66.4 Å². The number of aromatic nitrogens is 1. The molecule has 2 heterocycles. The number of amides is 2. The third-order valence-electron chi connectivity index (χ3n) is 5.83. The highest BCUT2D eigenvalue weighted by molar-refractivity contribution is 5.98. The molecule has 1 saturated heterocycles. The van der Waals surface area contributed by atoms with Crippen LogP contribution in [0.25, 0.3) is 10.9 Å². The summed E-state index contributed by atoms with van der Waals surface area (Å²) in [6.45, 7) is 3.50. The van der Waals surface area contributed by atoms with Crippen molar-refractivity contribution in [3.05, 3.63) is 71.9 Å². The molecular weight excluding hydrogens is 374 g/mol. The maximum absolute atomic E-state index is 12.9. The van der Waals surface area contributed by atoms with Gasteiger partial charge in [0.1, 0.15) is 0 Å². The smallest absolute Gasteiger partial charge is 0.253 e. The fourth-order valence-electron chi connectivity index (χ4n) is 4.10. The summed E-state index contributed by atoms with van der Waals surface area (Å²) in [7, 11) is 0. The first-order chi connectivity index (χ1) is 14.6. The van der Waals surface area contributed by atoms with Crippen LogP contribution in [-0.2, 0) is 4.79 Å². The largest absolute Gasteiger partial charge is 0.339 e. The Morgan fingerprint density at radius 3 is 2.70 bits per heavy atom. The van der Waals surface area contributed by atoms with Crippen molar-refractivity contribution in [3.8, 4) is 0 Å². The zero-order chi connectivity index (χ0) is 20.9. The lowest BCUT2D eigenvalue weighted by Gasteiger charge is -2.32. The molecule has 0 aliphatic carbocycles. The van der Waals surface area contributed by atoms with Crippen LogP contribution in [0.5, 0.6) is 0 Å². The van der Waals surface area contributed by atoms with Crippen molar-refractivity contribution >= 4 is 28.4 Å². The minimum atomic E-state index is 0.0591. The van der Waals surface area contributed by atoms with Crippen molar-refractivity contribution in [2.45, 2.75) is 32.6 Å². The lowest BCUT2D eigenvalue weighted by molar-refractivity contribution is -0.116. The molecule has 0 bridgehead atoms. The minimum absolute atomic E-state index is 0.0591. The Bertz CT molecular complexity index is 1050. The van der Waals surface area contributed by atoms with Crippen LogP contribution in [0.3, 0.4) is 0 Å². The maximum Gasteiger partial charge on any atom is 0.253 e. The number of nitrogens with one attached hydrogen (secondary N) is 1. The van der Waals surface area contributed by atoms with Crippen molar-refractivity contribution < 1.29 is 9.59 Å². The van der Waals surface area contributed by atoms with Gasteiger partial charge in [0.15, 0.2) is 0 Å². The Morgan fingerprint density at radius 1 is 1.07 bits per heavy atom. The number of benzene rings is 2. The number of hydrogen-bond acceptors (Lipinski definition) is 3. The molecule has 5 heteroatoms. The van der Waals surface area contributed by atoms with Crippen LogP contribution in [0, 0.1) is 12.8 Å². The Kier molecular flexibility index (Phi) is 6.07. The predicted molar refractivity (Wildman–Crippen MR) is 119 cm³/mol. The van der Waals surface area contributed by atoms with Crippen molar-refractivity contribution in [2.24, 2.45) is 5.92 Å². The van der Waals surface area contributed by atoms with Crippen LogP contribution in [-0.4, -0.2) is 34.8 Å². The van der Waals surface area contributed by atoms with E-state index in [1.54, 1.807) is 6.20 Å². The normalized spacial score (nSPS) is 14.6. The van der Waals surface area contributed by atoms with Crippen LogP contribution in [0.15, 0.2) is 60.8 Å². The molecule has 1 aliphatic heterocycles. The van der Waals surface area contributed by atoms with E-state index in [2.05, 4.69) is 10.3 Å². The van der Waals surface area contributed by atoms with Crippen LogP contribution < -0.4 is 5.32 Å². The van der Waals surface area contributed by atoms with E-state index >= 15 is 0 Å². The van der Waals surface area contributed by atoms with Gasteiger partial charge in [-0.15, -0.1) is 0 Å². The van der Waals surface area contributed by atoms with E-state index in [0.29, 0.717) is 17.9 Å². The summed E-state index contributed by atoms with van der Waals surface area (Å²) >= 11 is 0. The lowest BCUT2D eigenvalue weighted by Crippen LogP contribution is -2.38. The predicted octanol–water partition coefficient (Wildman–Crippen LogP) is 4.81. The first-order valence-electron chi connectivity index (χ1n) is 10.6. The number of pyridine rings is 1. The van der Waals surface area contributed by atoms with Gasteiger partial charge in [-0.1, -0.05) is 18.2 Å². The van der Waals surface area contributed by atoms with Gasteiger partial charge in [-0.25, -0.2) is 0 Å². The molecule has 1 aromatic heterocycles. The van der Waals surface area contributed by atoms with Gasteiger partial charge >= 0.3 is 0 Å². The topological polar surface area (TPSA) is 62.3 Å². The van der Waals surface area contributed by atoms with Crippen molar-refractivity contribution in [1.82, 2.24) is 9.88 Å². The molecule has 0 spiro atoms. The van der Waals surface area contributed by atoms with E-state index in [0.717, 1.165) is 54.5 Å². The quantitative estimate of drug-likeness (QED) is 0.667. The molecule has 5 nitrogen and oxygen atoms in total. The molecular formula is C25H27N3O2. The summed E-state index contributed by atoms with van der Waals surface area (Å²) in [5.41, 5.74) is 3.60. The Labute approximate surface area is 177 Å². The molecule has 0 radical (unpaired) electrons. The number of piperidine rings is 1. The highest BCUT2D eigenvalue weighted by atomic mass is 16.2. The molecule has 0 atom stereocenters. The molecule has 0 unspecified atom stereocenters. The summed E-state index contributed by atoms with van der Waals surface area (Å²) in [5, 5.41) is 3.96. The average Bonchev–Trinajstić information content (AvgIpc) is 2.77. The molecule has 30 heavy (non-hydrogen) atoms. The number of anilines is 1. The SMILES string of the molecule is Cc1cccc(NC(=O)CCC2CCN(C(=O)c3ccc4ncccc4c3)CC2)c1. The average molecular weight is 402 g/mol. The molecule has 2 aromatic carbocycles. The van der Waals surface area contributed by atoms with Crippen LogP contribution >= 0.6 is 0 Å². The second kappa shape index (κ2) is 9.08. The van der Waals surface area contributed by atoms with Gasteiger partial charge in [-0.3, -0.25) is 14.6 Å². The molecule has 4 rings (SSSR count). The number of aryl methyl sites for hydroxylation is 1. The molecule has 154 valence electrons. The monoisotopic (exact) mass is 401 g/mol. The first-order valence-corrected chi connectivity index (χ1v) is 10.6. The summed E-state index contributed by atoms with van der Waals surface area (Å²) in [4.78, 5) is 31.4. The summed E-state index contributed by atoms with van der Waals surface area (Å²) < 4.78 is 0. The van der Waals surface area contributed by atoms with Gasteiger partial charge in [-0.2, -0.15) is 0 Å². The molecule has 1 N–H and O–H groups in total. The third kappa shape index (κ3) is 4.85. The molecule has 2 amide bonds. The number of hydrogen-bond donors (Lipinski definition) is 1. The van der Waals surface area contributed by atoms with E-state index in [-0.39, 0.29) is 11.8 Å². The Morgan fingerprint density at radius 2 is 1.90 bits per heavy atom. The van der Waals surface area contributed by atoms with E-state index < -0.39 is 0 Å². The fraction of sp³-hybridized carbons (Fsp3) is 0.320. The summed E-state index contributed by atoms with van der Waals surface area (Å²) in [6.07, 6.45) is 5.03. The van der Waals surface area contributed by atoms with E-state index in [9.17, 15) is 9.59 Å². The van der Waals surface area contributed by atoms with Gasteiger partial charge < -0.3 is 10.2 Å². The standard InChI is InChI=1S/C25H27N3O2/c1-18-4-2-6-22(16-18)27-24(29)10-7-19-11-14-28(15-12-19)25(30)21-8-9-23-20(17-21)5-3-13-26-23/h2-6,8-9,13,16-17,19H,7,10-12,14-15H2,1H3,(H,27,29). The fourth-order valence-corrected chi connectivity index (χ4v) is 4.10.